The lowest BCUT2D eigenvalue weighted by Gasteiger charge is -2.24. The summed E-state index contributed by atoms with van der Waals surface area (Å²) in [6.07, 6.45) is 0. The summed E-state index contributed by atoms with van der Waals surface area (Å²) >= 11 is 0. The first-order valence-corrected chi connectivity index (χ1v) is 13.8. The number of ketones is 1. The van der Waals surface area contributed by atoms with Crippen LogP contribution in [0.2, 0.25) is 0 Å². The van der Waals surface area contributed by atoms with E-state index in [9.17, 15) is 4.79 Å². The number of benzene rings is 6. The average molecular weight is 545 g/mol. The van der Waals surface area contributed by atoms with Crippen LogP contribution in [0, 0.1) is 0 Å². The number of carbonyl (C=O) groups is 1. The van der Waals surface area contributed by atoms with Gasteiger partial charge < -0.3 is 20.1 Å². The summed E-state index contributed by atoms with van der Waals surface area (Å²) in [5.41, 5.74) is 8.97. The van der Waals surface area contributed by atoms with Crippen LogP contribution in [0.1, 0.15) is 15.9 Å². The number of anilines is 4. The first kappa shape index (κ1) is 24.0. The predicted octanol–water partition coefficient (Wildman–Crippen LogP) is 9.95. The zero-order chi connectivity index (χ0) is 28.0. The van der Waals surface area contributed by atoms with Crippen LogP contribution in [0.15, 0.2) is 133 Å². The van der Waals surface area contributed by atoms with E-state index in [1.807, 2.05) is 121 Å². The molecule has 0 atom stereocenters. The lowest BCUT2D eigenvalue weighted by Crippen LogP contribution is -2.05. The number of ether oxygens (including phenoxy) is 2. The van der Waals surface area contributed by atoms with E-state index >= 15 is 0 Å². The largest absolute Gasteiger partial charge is 0.453 e. The third kappa shape index (κ3) is 4.07. The van der Waals surface area contributed by atoms with Crippen LogP contribution in [0.25, 0.3) is 22.3 Å². The highest BCUT2D eigenvalue weighted by Gasteiger charge is 2.21. The maximum Gasteiger partial charge on any atom is 0.193 e. The van der Waals surface area contributed by atoms with Crippen LogP contribution in [0.5, 0.6) is 23.0 Å². The number of para-hydroxylation sites is 6. The molecule has 0 saturated carbocycles. The fourth-order valence-corrected chi connectivity index (χ4v) is 5.56. The van der Waals surface area contributed by atoms with Gasteiger partial charge in [-0.1, -0.05) is 97.1 Å². The third-order valence-corrected chi connectivity index (χ3v) is 7.70. The Morgan fingerprint density at radius 3 is 1.29 bits per heavy atom. The van der Waals surface area contributed by atoms with Crippen molar-refractivity contribution in [1.82, 2.24) is 0 Å². The summed E-state index contributed by atoms with van der Waals surface area (Å²) in [4.78, 5) is 13.4. The molecule has 0 amide bonds. The Labute approximate surface area is 243 Å². The lowest BCUT2D eigenvalue weighted by atomic mass is 9.96. The maximum atomic E-state index is 13.4. The molecule has 2 aliphatic heterocycles. The number of nitrogens with one attached hydrogen (secondary N) is 2. The van der Waals surface area contributed by atoms with Crippen LogP contribution in [0.4, 0.5) is 22.7 Å². The molecule has 0 radical (unpaired) electrons. The second-order valence-corrected chi connectivity index (χ2v) is 10.3. The van der Waals surface area contributed by atoms with Gasteiger partial charge in [-0.2, -0.15) is 0 Å². The maximum absolute atomic E-state index is 13.4. The summed E-state index contributed by atoms with van der Waals surface area (Å²) in [7, 11) is 0. The van der Waals surface area contributed by atoms with E-state index in [1.165, 1.54) is 0 Å². The van der Waals surface area contributed by atoms with Crippen LogP contribution >= 0.6 is 0 Å². The van der Waals surface area contributed by atoms with Gasteiger partial charge >= 0.3 is 0 Å². The van der Waals surface area contributed by atoms with Gasteiger partial charge in [0.2, 0.25) is 0 Å². The molecule has 0 saturated heterocycles. The van der Waals surface area contributed by atoms with Gasteiger partial charge in [0.25, 0.3) is 0 Å². The van der Waals surface area contributed by atoms with Gasteiger partial charge in [0.1, 0.15) is 0 Å². The number of fused-ring (bicyclic) bond motifs is 4. The molecule has 0 spiro atoms. The fraction of sp³-hybridized carbons (Fsp3) is 0. The van der Waals surface area contributed by atoms with Crippen molar-refractivity contribution in [2.45, 2.75) is 0 Å². The molecule has 8 rings (SSSR count). The molecule has 2 heterocycles. The molecule has 0 unspecified atom stereocenters. The monoisotopic (exact) mass is 544 g/mol. The topological polar surface area (TPSA) is 59.6 Å². The quantitative estimate of drug-likeness (QED) is 0.216. The molecule has 2 aliphatic rings. The van der Waals surface area contributed by atoms with Crippen molar-refractivity contribution in [2.24, 2.45) is 0 Å². The second-order valence-electron chi connectivity index (χ2n) is 10.3. The van der Waals surface area contributed by atoms with E-state index in [1.54, 1.807) is 0 Å². The van der Waals surface area contributed by atoms with E-state index in [4.69, 9.17) is 9.47 Å². The number of rotatable bonds is 4. The van der Waals surface area contributed by atoms with Crippen molar-refractivity contribution in [3.63, 3.8) is 0 Å². The van der Waals surface area contributed by atoms with E-state index < -0.39 is 0 Å². The highest BCUT2D eigenvalue weighted by Crippen LogP contribution is 2.47. The fourth-order valence-electron chi connectivity index (χ4n) is 5.56. The molecule has 42 heavy (non-hydrogen) atoms. The number of hydrogen-bond donors (Lipinski definition) is 2. The Kier molecular flexibility index (Phi) is 5.54. The number of carbonyl (C=O) groups excluding carboxylic acids is 1. The second kappa shape index (κ2) is 9.68. The molecule has 0 fully saturated rings. The third-order valence-electron chi connectivity index (χ3n) is 7.70. The Hall–Kier alpha value is -5.81. The van der Waals surface area contributed by atoms with E-state index in [-0.39, 0.29) is 5.78 Å². The summed E-state index contributed by atoms with van der Waals surface area (Å²) in [5, 5.41) is 7.02. The van der Waals surface area contributed by atoms with Gasteiger partial charge in [0.15, 0.2) is 28.8 Å². The Bertz CT molecular complexity index is 1850. The van der Waals surface area contributed by atoms with Gasteiger partial charge in [0, 0.05) is 22.3 Å². The molecule has 2 N–H and O–H groups in total. The van der Waals surface area contributed by atoms with Crippen molar-refractivity contribution in [2.75, 3.05) is 10.6 Å². The first-order chi connectivity index (χ1) is 20.7. The van der Waals surface area contributed by atoms with Gasteiger partial charge in [-0.05, 0) is 47.5 Å². The molecule has 200 valence electrons. The first-order valence-electron chi connectivity index (χ1n) is 13.8. The summed E-state index contributed by atoms with van der Waals surface area (Å²) < 4.78 is 12.2. The van der Waals surface area contributed by atoms with Crippen molar-refractivity contribution in [3.05, 3.63) is 145 Å². The minimum atomic E-state index is -0.0240. The van der Waals surface area contributed by atoms with E-state index in [0.29, 0.717) is 11.1 Å². The Morgan fingerprint density at radius 2 is 0.833 bits per heavy atom. The van der Waals surface area contributed by atoms with Gasteiger partial charge in [-0.3, -0.25) is 4.79 Å². The van der Waals surface area contributed by atoms with E-state index in [0.717, 1.165) is 68.0 Å². The Balaban J connectivity index is 1.04. The zero-order valence-electron chi connectivity index (χ0n) is 22.4. The minimum Gasteiger partial charge on any atom is -0.453 e. The van der Waals surface area contributed by atoms with Gasteiger partial charge in [0.05, 0.1) is 22.7 Å². The molecule has 5 heteroatoms. The molecule has 0 aromatic heterocycles. The lowest BCUT2D eigenvalue weighted by molar-refractivity contribution is 0.103. The highest BCUT2D eigenvalue weighted by molar-refractivity contribution is 6.09. The summed E-state index contributed by atoms with van der Waals surface area (Å²) in [5.74, 6) is 3.13. The molecular formula is C37H24N2O3. The smallest absolute Gasteiger partial charge is 0.193 e. The average Bonchev–Trinajstić information content (AvgIpc) is 3.05. The zero-order valence-corrected chi connectivity index (χ0v) is 22.4. The molecule has 0 bridgehead atoms. The Morgan fingerprint density at radius 1 is 0.429 bits per heavy atom. The van der Waals surface area contributed by atoms with Gasteiger partial charge in [-0.25, -0.2) is 0 Å². The molecular weight excluding hydrogens is 520 g/mol. The molecule has 6 aromatic carbocycles. The standard InChI is InChI=1S/C37H24N2O3/c40-37(25-19-15-23(16-20-25)27-7-5-13-33-35(27)38-29-9-1-3-11-31(29)41-33)26-21-17-24(18-22-26)28-8-6-14-34-36(28)39-30-10-2-4-12-32(30)42-34/h1-22,38-39H. The molecule has 0 aliphatic carbocycles. The molecule has 6 aromatic rings. The van der Waals surface area contributed by atoms with E-state index in [2.05, 4.69) is 22.8 Å². The predicted molar refractivity (Wildman–Crippen MR) is 167 cm³/mol. The van der Waals surface area contributed by atoms with Crippen LogP contribution in [-0.4, -0.2) is 5.78 Å². The van der Waals surface area contributed by atoms with Crippen molar-refractivity contribution in [3.8, 4) is 45.3 Å². The van der Waals surface area contributed by atoms with Crippen LogP contribution in [-0.2, 0) is 0 Å². The van der Waals surface area contributed by atoms with Crippen LogP contribution in [0.3, 0.4) is 0 Å². The number of hydrogen-bond acceptors (Lipinski definition) is 5. The van der Waals surface area contributed by atoms with Crippen molar-refractivity contribution >= 4 is 28.5 Å². The van der Waals surface area contributed by atoms with Gasteiger partial charge in [-0.15, -0.1) is 0 Å². The highest BCUT2D eigenvalue weighted by atomic mass is 16.5. The molecule has 5 nitrogen and oxygen atoms in total. The normalized spacial score (nSPS) is 12.2. The van der Waals surface area contributed by atoms with Crippen molar-refractivity contribution in [1.29, 1.82) is 0 Å². The minimum absolute atomic E-state index is 0.0240. The summed E-state index contributed by atoms with van der Waals surface area (Å²) in [6, 6.07) is 43.2. The van der Waals surface area contributed by atoms with Crippen LogP contribution < -0.4 is 20.1 Å². The van der Waals surface area contributed by atoms with Crippen molar-refractivity contribution < 1.29 is 14.3 Å². The summed E-state index contributed by atoms with van der Waals surface area (Å²) in [6.45, 7) is 0. The SMILES string of the molecule is O=C(c1ccc(-c2cccc3c2Nc2ccccc2O3)cc1)c1ccc(-c2cccc3c2Nc2ccccc2O3)cc1.